The summed E-state index contributed by atoms with van der Waals surface area (Å²) in [5.41, 5.74) is 0. The quantitative estimate of drug-likeness (QED) is 0.596. The number of hydrogen-bond donors (Lipinski definition) is 1. The van der Waals surface area contributed by atoms with E-state index in [1.165, 1.54) is 25.7 Å². The van der Waals surface area contributed by atoms with E-state index in [1.54, 1.807) is 0 Å². The molecule has 2 saturated heterocycles. The van der Waals surface area contributed by atoms with Gasteiger partial charge in [0.05, 0.1) is 0 Å². The van der Waals surface area contributed by atoms with Gasteiger partial charge in [0.2, 0.25) is 0 Å². The zero-order chi connectivity index (χ0) is 6.97. The summed E-state index contributed by atoms with van der Waals surface area (Å²) < 4.78 is 0. The maximum atomic E-state index is 4.36. The average Bonchev–Trinajstić information content (AvgIpc) is 2.30. The van der Waals surface area contributed by atoms with Crippen molar-refractivity contribution in [2.24, 2.45) is 5.92 Å². The van der Waals surface area contributed by atoms with Gasteiger partial charge < -0.3 is 0 Å². The van der Waals surface area contributed by atoms with Crippen molar-refractivity contribution < 1.29 is 0 Å². The summed E-state index contributed by atoms with van der Waals surface area (Å²) in [6.45, 7) is 0. The van der Waals surface area contributed by atoms with E-state index < -0.39 is 0 Å². The molecule has 2 rings (SSSR count). The molecular weight excluding hydrogens is 160 g/mol. The summed E-state index contributed by atoms with van der Waals surface area (Å²) in [6, 6.07) is 0. The predicted molar refractivity (Wildman–Crippen MR) is 51.0 cm³/mol. The second kappa shape index (κ2) is 2.98. The first-order valence-corrected chi connectivity index (χ1v) is 5.72. The lowest BCUT2D eigenvalue weighted by Crippen LogP contribution is -2.18. The first kappa shape index (κ1) is 7.35. The van der Waals surface area contributed by atoms with Crippen molar-refractivity contribution in [3.05, 3.63) is 0 Å². The number of fused-ring (bicyclic) bond motifs is 2. The molecule has 0 amide bonds. The minimum atomic E-state index is 0.946. The third-order valence-corrected chi connectivity index (χ3v) is 4.79. The fraction of sp³-hybridized carbons (Fsp3) is 1.00. The molecule has 0 spiro atoms. The third kappa shape index (κ3) is 1.33. The van der Waals surface area contributed by atoms with Crippen LogP contribution in [0, 0.1) is 5.92 Å². The van der Waals surface area contributed by atoms with Crippen LogP contribution in [0.15, 0.2) is 0 Å². The molecule has 2 aliphatic rings. The van der Waals surface area contributed by atoms with Crippen LogP contribution in [-0.4, -0.2) is 16.3 Å². The molecule has 0 N–H and O–H groups in total. The van der Waals surface area contributed by atoms with Crippen LogP contribution in [0.1, 0.15) is 25.7 Å². The normalized spacial score (nSPS) is 45.9. The minimum Gasteiger partial charge on any atom is -0.179 e. The molecule has 58 valence electrons. The van der Waals surface area contributed by atoms with Crippen LogP contribution >= 0.6 is 24.4 Å². The Morgan fingerprint density at radius 2 is 1.80 bits per heavy atom. The van der Waals surface area contributed by atoms with Crippen molar-refractivity contribution in [3.8, 4) is 0 Å². The van der Waals surface area contributed by atoms with Gasteiger partial charge in [-0.15, -0.1) is 0 Å². The van der Waals surface area contributed by atoms with E-state index in [0.717, 1.165) is 22.2 Å². The molecule has 0 aliphatic carbocycles. The Labute approximate surface area is 72.6 Å². The molecule has 2 heterocycles. The van der Waals surface area contributed by atoms with Gasteiger partial charge >= 0.3 is 0 Å². The number of thioether (sulfide) groups is 1. The van der Waals surface area contributed by atoms with Gasteiger partial charge in [0.25, 0.3) is 0 Å². The topological polar surface area (TPSA) is 0 Å². The second-order valence-electron chi connectivity index (χ2n) is 3.48. The van der Waals surface area contributed by atoms with Gasteiger partial charge in [-0.1, -0.05) is 0 Å². The van der Waals surface area contributed by atoms with Crippen molar-refractivity contribution in [2.45, 2.75) is 36.2 Å². The van der Waals surface area contributed by atoms with Gasteiger partial charge in [-0.3, -0.25) is 0 Å². The lowest BCUT2D eigenvalue weighted by Gasteiger charge is -2.25. The number of thiol groups is 1. The van der Waals surface area contributed by atoms with Crippen LogP contribution in [0.2, 0.25) is 0 Å². The van der Waals surface area contributed by atoms with E-state index in [0.29, 0.717) is 0 Å². The highest BCUT2D eigenvalue weighted by Gasteiger charge is 2.33. The second-order valence-corrected chi connectivity index (χ2v) is 5.45. The summed E-state index contributed by atoms with van der Waals surface area (Å²) in [6.07, 6.45) is 5.87. The summed E-state index contributed by atoms with van der Waals surface area (Å²) in [7, 11) is 0. The Bertz CT molecular complexity index is 112. The largest absolute Gasteiger partial charge is 0.179 e. The van der Waals surface area contributed by atoms with Crippen LogP contribution < -0.4 is 0 Å². The van der Waals surface area contributed by atoms with E-state index in [9.17, 15) is 0 Å². The lowest BCUT2D eigenvalue weighted by atomic mass is 10.0. The summed E-state index contributed by atoms with van der Waals surface area (Å²) in [5, 5.41) is 2.02. The highest BCUT2D eigenvalue weighted by molar-refractivity contribution is 8.00. The van der Waals surface area contributed by atoms with E-state index >= 15 is 0 Å². The lowest BCUT2D eigenvalue weighted by molar-refractivity contribution is 0.506. The molecule has 0 nitrogen and oxygen atoms in total. The van der Waals surface area contributed by atoms with Gasteiger partial charge in [-0.05, 0) is 37.4 Å². The maximum absolute atomic E-state index is 4.36. The van der Waals surface area contributed by atoms with Crippen molar-refractivity contribution in [1.29, 1.82) is 0 Å². The molecule has 2 unspecified atom stereocenters. The van der Waals surface area contributed by atoms with Crippen LogP contribution in [0.4, 0.5) is 0 Å². The molecular formula is C8H14S2. The Morgan fingerprint density at radius 3 is 2.30 bits per heavy atom. The van der Waals surface area contributed by atoms with Crippen LogP contribution in [-0.2, 0) is 0 Å². The summed E-state index contributed by atoms with van der Waals surface area (Å²) in [4.78, 5) is 0. The summed E-state index contributed by atoms with van der Waals surface area (Å²) >= 11 is 6.60. The van der Waals surface area contributed by atoms with Crippen molar-refractivity contribution in [3.63, 3.8) is 0 Å². The molecule has 0 aromatic rings. The van der Waals surface area contributed by atoms with Crippen LogP contribution in [0.25, 0.3) is 0 Å². The zero-order valence-corrected chi connectivity index (χ0v) is 7.83. The molecule has 0 aromatic heterocycles. The predicted octanol–water partition coefficient (Wildman–Crippen LogP) is 2.59. The number of hydrogen-bond acceptors (Lipinski definition) is 2. The third-order valence-electron chi connectivity index (χ3n) is 2.65. The smallest absolute Gasteiger partial charge is 0.00531 e. The first-order valence-electron chi connectivity index (χ1n) is 4.15. The Hall–Kier alpha value is 0.700. The van der Waals surface area contributed by atoms with E-state index in [1.807, 2.05) is 0 Å². The van der Waals surface area contributed by atoms with Gasteiger partial charge in [-0.2, -0.15) is 24.4 Å². The molecule has 10 heavy (non-hydrogen) atoms. The molecule has 2 fully saturated rings. The molecule has 2 bridgehead atoms. The molecule has 2 aliphatic heterocycles. The Balaban J connectivity index is 1.96. The van der Waals surface area contributed by atoms with Crippen molar-refractivity contribution in [1.82, 2.24) is 0 Å². The Morgan fingerprint density at radius 1 is 1.20 bits per heavy atom. The van der Waals surface area contributed by atoms with E-state index in [2.05, 4.69) is 24.4 Å². The Kier molecular flexibility index (Phi) is 2.19. The van der Waals surface area contributed by atoms with E-state index in [-0.39, 0.29) is 0 Å². The van der Waals surface area contributed by atoms with Gasteiger partial charge in [0, 0.05) is 10.5 Å². The van der Waals surface area contributed by atoms with Crippen LogP contribution in [0.5, 0.6) is 0 Å². The molecule has 2 atom stereocenters. The van der Waals surface area contributed by atoms with Crippen molar-refractivity contribution in [2.75, 3.05) is 5.75 Å². The van der Waals surface area contributed by atoms with E-state index in [4.69, 9.17) is 0 Å². The monoisotopic (exact) mass is 174 g/mol. The SMILES string of the molecule is SCC1CC2CCC(C1)S2. The van der Waals surface area contributed by atoms with Crippen LogP contribution in [0.3, 0.4) is 0 Å². The first-order chi connectivity index (χ1) is 4.88. The van der Waals surface area contributed by atoms with Crippen molar-refractivity contribution >= 4 is 24.4 Å². The average molecular weight is 174 g/mol. The molecule has 2 heteroatoms. The maximum Gasteiger partial charge on any atom is 0.00531 e. The number of rotatable bonds is 1. The molecule has 0 aromatic carbocycles. The standard InChI is InChI=1S/C8H14S2/c9-5-6-3-7-1-2-8(4-6)10-7/h6-9H,1-5H2. The fourth-order valence-corrected chi connectivity index (χ4v) is 4.27. The highest BCUT2D eigenvalue weighted by atomic mass is 32.2. The van der Waals surface area contributed by atoms with Gasteiger partial charge in [0.1, 0.15) is 0 Å². The van der Waals surface area contributed by atoms with Gasteiger partial charge in [0.15, 0.2) is 0 Å². The zero-order valence-electron chi connectivity index (χ0n) is 6.12. The van der Waals surface area contributed by atoms with Gasteiger partial charge in [-0.25, -0.2) is 0 Å². The minimum absolute atomic E-state index is 0.946. The fourth-order valence-electron chi connectivity index (χ4n) is 2.12. The molecule has 0 saturated carbocycles. The summed E-state index contributed by atoms with van der Waals surface area (Å²) in [5.74, 6) is 2.06. The highest BCUT2D eigenvalue weighted by Crippen LogP contribution is 2.45. The molecule has 0 radical (unpaired) electrons.